The van der Waals surface area contributed by atoms with E-state index in [9.17, 15) is 4.79 Å². The van der Waals surface area contributed by atoms with Crippen LogP contribution in [0.4, 0.5) is 0 Å². The summed E-state index contributed by atoms with van der Waals surface area (Å²) in [6.07, 6.45) is 5.90. The molecule has 1 saturated heterocycles. The highest BCUT2D eigenvalue weighted by Gasteiger charge is 2.18. The van der Waals surface area contributed by atoms with E-state index in [4.69, 9.17) is 0 Å². The second-order valence-corrected chi connectivity index (χ2v) is 7.68. The van der Waals surface area contributed by atoms with Crippen LogP contribution in [0.25, 0.3) is 11.1 Å². The van der Waals surface area contributed by atoms with Crippen molar-refractivity contribution in [1.29, 1.82) is 0 Å². The van der Waals surface area contributed by atoms with Gasteiger partial charge in [-0.2, -0.15) is 0 Å². The summed E-state index contributed by atoms with van der Waals surface area (Å²) in [7, 11) is 0. The zero-order chi connectivity index (χ0) is 17.8. The van der Waals surface area contributed by atoms with E-state index in [2.05, 4.69) is 53.1 Å². The number of carbonyl (C=O) groups excluding carboxylic acids is 1. The van der Waals surface area contributed by atoms with E-state index in [0.717, 1.165) is 51.2 Å². The van der Waals surface area contributed by atoms with Gasteiger partial charge in [-0.05, 0) is 78.9 Å². The number of fused-ring (bicyclic) bond motifs is 3. The summed E-state index contributed by atoms with van der Waals surface area (Å²) in [4.78, 5) is 12.0. The maximum Gasteiger partial charge on any atom is 0.220 e. The zero-order valence-corrected chi connectivity index (χ0v) is 16.6. The van der Waals surface area contributed by atoms with E-state index in [1.807, 2.05) is 0 Å². The Hall–Kier alpha value is -1.84. The Morgan fingerprint density at radius 2 is 1.96 bits per heavy atom. The summed E-state index contributed by atoms with van der Waals surface area (Å²) in [5, 5.41) is 6.46. The number of aryl methyl sites for hydroxylation is 1. The molecule has 0 spiro atoms. The van der Waals surface area contributed by atoms with Gasteiger partial charge < -0.3 is 10.6 Å². The fraction of sp³-hybridized carbons (Fsp3) is 0.435. The minimum Gasteiger partial charge on any atom is -0.356 e. The molecule has 2 aliphatic rings. The van der Waals surface area contributed by atoms with Crippen LogP contribution in [0.2, 0.25) is 0 Å². The third-order valence-electron chi connectivity index (χ3n) is 5.77. The second kappa shape index (κ2) is 9.38. The van der Waals surface area contributed by atoms with Crippen molar-refractivity contribution in [3.8, 4) is 11.1 Å². The molecule has 1 atom stereocenters. The molecule has 1 fully saturated rings. The summed E-state index contributed by atoms with van der Waals surface area (Å²) in [6, 6.07) is 15.5. The van der Waals surface area contributed by atoms with Crippen LogP contribution in [0.3, 0.4) is 0 Å². The van der Waals surface area contributed by atoms with Crippen molar-refractivity contribution in [1.82, 2.24) is 10.6 Å². The highest BCUT2D eigenvalue weighted by Crippen LogP contribution is 2.36. The summed E-state index contributed by atoms with van der Waals surface area (Å²) >= 11 is 0. The Balaban J connectivity index is 0.00000210. The first-order valence-corrected chi connectivity index (χ1v) is 9.97. The first-order valence-electron chi connectivity index (χ1n) is 9.97. The van der Waals surface area contributed by atoms with E-state index >= 15 is 0 Å². The van der Waals surface area contributed by atoms with Gasteiger partial charge in [0.05, 0.1) is 0 Å². The minimum absolute atomic E-state index is 0. The molecule has 1 unspecified atom stereocenters. The van der Waals surface area contributed by atoms with Gasteiger partial charge in [0.1, 0.15) is 0 Å². The Kier molecular flexibility index (Phi) is 6.92. The molecular formula is C23H29ClN2O. The van der Waals surface area contributed by atoms with Crippen LogP contribution in [0.1, 0.15) is 42.4 Å². The second-order valence-electron chi connectivity index (χ2n) is 7.68. The number of hydrogen-bond acceptors (Lipinski definition) is 2. The molecule has 3 nitrogen and oxygen atoms in total. The van der Waals surface area contributed by atoms with E-state index in [0.29, 0.717) is 6.42 Å². The van der Waals surface area contributed by atoms with Crippen LogP contribution >= 0.6 is 12.4 Å². The molecule has 1 heterocycles. The quantitative estimate of drug-likeness (QED) is 0.643. The number of benzene rings is 2. The summed E-state index contributed by atoms with van der Waals surface area (Å²) in [5.41, 5.74) is 6.95. The van der Waals surface area contributed by atoms with Crippen molar-refractivity contribution in [2.45, 2.75) is 38.5 Å². The Morgan fingerprint density at radius 1 is 1.11 bits per heavy atom. The SMILES string of the molecule is Cl.O=C(CCCc1ccc2c(c1)-c1ccccc1C2)NCCC1CCNC1. The van der Waals surface area contributed by atoms with Gasteiger partial charge in [0.25, 0.3) is 0 Å². The molecule has 1 amide bonds. The average molecular weight is 385 g/mol. The lowest BCUT2D eigenvalue weighted by Crippen LogP contribution is -2.26. The number of nitrogens with one attached hydrogen (secondary N) is 2. The molecule has 0 aromatic heterocycles. The van der Waals surface area contributed by atoms with Gasteiger partial charge in [0.2, 0.25) is 5.91 Å². The number of amides is 1. The summed E-state index contributed by atoms with van der Waals surface area (Å²) in [5.74, 6) is 0.937. The first kappa shape index (κ1) is 19.9. The van der Waals surface area contributed by atoms with Crippen LogP contribution in [-0.2, 0) is 17.6 Å². The van der Waals surface area contributed by atoms with Gasteiger partial charge in [-0.15, -0.1) is 12.4 Å². The summed E-state index contributed by atoms with van der Waals surface area (Å²) < 4.78 is 0. The average Bonchev–Trinajstić information content (AvgIpc) is 3.29. The molecule has 144 valence electrons. The third-order valence-corrected chi connectivity index (χ3v) is 5.77. The molecule has 4 heteroatoms. The molecule has 2 aromatic carbocycles. The largest absolute Gasteiger partial charge is 0.356 e. The standard InChI is InChI=1S/C23H28N2O.ClH/c26-23(25-13-11-18-10-12-24-16-18)7-3-4-17-8-9-20-15-19-5-1-2-6-21(19)22(20)14-17;/h1-2,5-6,8-9,14,18,24H,3-4,7,10-13,15-16H2,(H,25,26);1H. The molecule has 0 bridgehead atoms. The lowest BCUT2D eigenvalue weighted by atomic mass is 10.00. The van der Waals surface area contributed by atoms with Gasteiger partial charge in [0.15, 0.2) is 0 Å². The van der Waals surface area contributed by atoms with Gasteiger partial charge in [-0.25, -0.2) is 0 Å². The molecule has 2 aromatic rings. The van der Waals surface area contributed by atoms with Crippen LogP contribution in [-0.4, -0.2) is 25.5 Å². The predicted octanol–water partition coefficient (Wildman–Crippen LogP) is 4.12. The Bertz CT molecular complexity index is 784. The molecule has 1 aliphatic heterocycles. The Labute approximate surface area is 168 Å². The number of halogens is 1. The lowest BCUT2D eigenvalue weighted by Gasteiger charge is -2.09. The molecule has 0 radical (unpaired) electrons. The predicted molar refractivity (Wildman–Crippen MR) is 113 cm³/mol. The number of carbonyl (C=O) groups is 1. The molecular weight excluding hydrogens is 356 g/mol. The molecule has 27 heavy (non-hydrogen) atoms. The van der Waals surface area contributed by atoms with Gasteiger partial charge in [0, 0.05) is 13.0 Å². The fourth-order valence-corrected chi connectivity index (χ4v) is 4.24. The van der Waals surface area contributed by atoms with Gasteiger partial charge in [-0.1, -0.05) is 42.5 Å². The van der Waals surface area contributed by atoms with E-state index in [1.165, 1.54) is 34.2 Å². The van der Waals surface area contributed by atoms with Crippen molar-refractivity contribution in [3.63, 3.8) is 0 Å². The third kappa shape index (κ3) is 4.91. The minimum atomic E-state index is 0. The number of hydrogen-bond donors (Lipinski definition) is 2. The van der Waals surface area contributed by atoms with E-state index in [1.54, 1.807) is 0 Å². The molecule has 4 rings (SSSR count). The first-order chi connectivity index (χ1) is 12.8. The summed E-state index contributed by atoms with van der Waals surface area (Å²) in [6.45, 7) is 3.06. The molecule has 2 N–H and O–H groups in total. The molecule has 1 aliphatic carbocycles. The lowest BCUT2D eigenvalue weighted by molar-refractivity contribution is -0.121. The van der Waals surface area contributed by atoms with E-state index in [-0.39, 0.29) is 18.3 Å². The topological polar surface area (TPSA) is 41.1 Å². The van der Waals surface area contributed by atoms with Crippen molar-refractivity contribution >= 4 is 18.3 Å². The van der Waals surface area contributed by atoms with Gasteiger partial charge >= 0.3 is 0 Å². The maximum absolute atomic E-state index is 12.0. The zero-order valence-electron chi connectivity index (χ0n) is 15.8. The smallest absolute Gasteiger partial charge is 0.220 e. The normalized spacial score (nSPS) is 17.1. The molecule has 0 saturated carbocycles. The van der Waals surface area contributed by atoms with Crippen molar-refractivity contribution in [2.24, 2.45) is 5.92 Å². The van der Waals surface area contributed by atoms with Crippen LogP contribution in [0, 0.1) is 5.92 Å². The van der Waals surface area contributed by atoms with E-state index < -0.39 is 0 Å². The van der Waals surface area contributed by atoms with Crippen molar-refractivity contribution < 1.29 is 4.79 Å². The van der Waals surface area contributed by atoms with Crippen LogP contribution < -0.4 is 10.6 Å². The van der Waals surface area contributed by atoms with Crippen LogP contribution in [0.5, 0.6) is 0 Å². The number of rotatable bonds is 7. The highest BCUT2D eigenvalue weighted by atomic mass is 35.5. The van der Waals surface area contributed by atoms with Crippen molar-refractivity contribution in [2.75, 3.05) is 19.6 Å². The van der Waals surface area contributed by atoms with Crippen molar-refractivity contribution in [3.05, 3.63) is 59.2 Å². The van der Waals surface area contributed by atoms with Crippen LogP contribution in [0.15, 0.2) is 42.5 Å². The monoisotopic (exact) mass is 384 g/mol. The van der Waals surface area contributed by atoms with Gasteiger partial charge in [-0.3, -0.25) is 4.79 Å². The highest BCUT2D eigenvalue weighted by molar-refractivity contribution is 5.85. The Morgan fingerprint density at radius 3 is 2.81 bits per heavy atom. The maximum atomic E-state index is 12.0. The fourth-order valence-electron chi connectivity index (χ4n) is 4.24.